The van der Waals surface area contributed by atoms with E-state index in [-0.39, 0.29) is 5.41 Å². The van der Waals surface area contributed by atoms with E-state index >= 15 is 0 Å². The first-order chi connectivity index (χ1) is 9.86. The normalized spacial score (nSPS) is 13.6. The Morgan fingerprint density at radius 3 is 2.76 bits per heavy atom. The van der Waals surface area contributed by atoms with Crippen molar-refractivity contribution in [3.05, 3.63) is 41.6 Å². The van der Waals surface area contributed by atoms with Gasteiger partial charge in [0.05, 0.1) is 12.0 Å². The Labute approximate surface area is 127 Å². The largest absolute Gasteiger partial charge is 0.469 e. The topological polar surface area (TPSA) is 43.0 Å². The molecule has 0 radical (unpaired) electrons. The van der Waals surface area contributed by atoms with Crippen molar-refractivity contribution in [2.45, 2.75) is 58.5 Å². The molecule has 0 aliphatic rings. The van der Waals surface area contributed by atoms with E-state index in [0.29, 0.717) is 6.04 Å². The molecule has 2 heterocycles. The van der Waals surface area contributed by atoms with Crippen LogP contribution in [0.2, 0.25) is 0 Å². The molecule has 0 spiro atoms. The van der Waals surface area contributed by atoms with E-state index in [2.05, 4.69) is 44.3 Å². The van der Waals surface area contributed by atoms with Gasteiger partial charge in [-0.15, -0.1) is 0 Å². The first kappa shape index (κ1) is 15.8. The average molecular weight is 289 g/mol. The lowest BCUT2D eigenvalue weighted by Crippen LogP contribution is -2.27. The van der Waals surface area contributed by atoms with Gasteiger partial charge in [0.1, 0.15) is 5.76 Å². The molecule has 0 fully saturated rings. The summed E-state index contributed by atoms with van der Waals surface area (Å²) < 4.78 is 7.28. The van der Waals surface area contributed by atoms with Crippen molar-refractivity contribution in [1.82, 2.24) is 15.1 Å². The molecule has 2 aromatic heterocycles. The zero-order chi connectivity index (χ0) is 15.5. The molecule has 0 saturated carbocycles. The summed E-state index contributed by atoms with van der Waals surface area (Å²) in [7, 11) is 1.99. The highest BCUT2D eigenvalue weighted by Crippen LogP contribution is 2.24. The van der Waals surface area contributed by atoms with Crippen LogP contribution in [0.5, 0.6) is 0 Å². The van der Waals surface area contributed by atoms with Crippen molar-refractivity contribution in [2.75, 3.05) is 0 Å². The Hall–Kier alpha value is -1.55. The number of aromatic nitrogens is 2. The van der Waals surface area contributed by atoms with Crippen LogP contribution in [-0.2, 0) is 25.4 Å². The fourth-order valence-electron chi connectivity index (χ4n) is 2.50. The van der Waals surface area contributed by atoms with Gasteiger partial charge in [0.2, 0.25) is 0 Å². The zero-order valence-corrected chi connectivity index (χ0v) is 13.8. The predicted molar refractivity (Wildman–Crippen MR) is 85.2 cm³/mol. The van der Waals surface area contributed by atoms with Gasteiger partial charge in [-0.3, -0.25) is 4.68 Å². The number of aryl methyl sites for hydroxylation is 2. The van der Waals surface area contributed by atoms with Crippen LogP contribution in [0.25, 0.3) is 0 Å². The van der Waals surface area contributed by atoms with E-state index in [4.69, 9.17) is 4.42 Å². The molecule has 0 saturated heterocycles. The van der Waals surface area contributed by atoms with Gasteiger partial charge in [-0.25, -0.2) is 0 Å². The number of nitrogens with zero attached hydrogens (tertiary/aromatic N) is 2. The summed E-state index contributed by atoms with van der Waals surface area (Å²) in [5.74, 6) is 1.06. The first-order valence-corrected chi connectivity index (χ1v) is 7.65. The summed E-state index contributed by atoms with van der Waals surface area (Å²) in [6, 6.07) is 4.42. The van der Waals surface area contributed by atoms with Crippen LogP contribution in [-0.4, -0.2) is 15.8 Å². The molecule has 4 heteroatoms. The number of nitrogens with one attached hydrogen (secondary N) is 1. The molecular weight excluding hydrogens is 262 g/mol. The van der Waals surface area contributed by atoms with Gasteiger partial charge in [0.25, 0.3) is 0 Å². The lowest BCUT2D eigenvalue weighted by Gasteiger charge is -2.19. The molecule has 1 atom stereocenters. The van der Waals surface area contributed by atoms with E-state index in [1.165, 1.54) is 11.3 Å². The average Bonchev–Trinajstić information content (AvgIpc) is 3.02. The highest BCUT2D eigenvalue weighted by atomic mass is 16.3. The van der Waals surface area contributed by atoms with Gasteiger partial charge in [-0.1, -0.05) is 20.8 Å². The van der Waals surface area contributed by atoms with E-state index in [1.807, 2.05) is 23.9 Å². The summed E-state index contributed by atoms with van der Waals surface area (Å²) in [5, 5.41) is 8.20. The number of rotatable bonds is 6. The fraction of sp³-hybridized carbons (Fsp3) is 0.588. The Morgan fingerprint density at radius 1 is 1.38 bits per heavy atom. The molecular formula is C17H27N3O. The molecule has 116 valence electrons. The quantitative estimate of drug-likeness (QED) is 0.886. The van der Waals surface area contributed by atoms with Crippen LogP contribution in [0, 0.1) is 0 Å². The molecule has 0 amide bonds. The third kappa shape index (κ3) is 4.46. The van der Waals surface area contributed by atoms with Gasteiger partial charge in [-0.05, 0) is 25.5 Å². The molecule has 0 aliphatic heterocycles. The van der Waals surface area contributed by atoms with E-state index in [9.17, 15) is 0 Å². The number of furan rings is 1. The van der Waals surface area contributed by atoms with Crippen molar-refractivity contribution >= 4 is 0 Å². The fourth-order valence-corrected chi connectivity index (χ4v) is 2.50. The van der Waals surface area contributed by atoms with Crippen molar-refractivity contribution in [3.63, 3.8) is 0 Å². The predicted octanol–water partition coefficient (Wildman–Crippen LogP) is 3.42. The van der Waals surface area contributed by atoms with Crippen LogP contribution >= 0.6 is 0 Å². The van der Waals surface area contributed by atoms with Gasteiger partial charge in [-0.2, -0.15) is 5.10 Å². The van der Waals surface area contributed by atoms with E-state index in [0.717, 1.165) is 25.1 Å². The van der Waals surface area contributed by atoms with Crippen LogP contribution in [0.3, 0.4) is 0 Å². The standard InChI is InChI=1S/C17H27N3O/c1-13(8-9-15-7-6-10-21-15)18-11-14-12-20(5)19-16(14)17(2,3)4/h6-7,10,12-13,18H,8-9,11H2,1-5H3. The Morgan fingerprint density at radius 2 is 2.14 bits per heavy atom. The Kier molecular flexibility index (Phi) is 4.88. The van der Waals surface area contributed by atoms with Crippen molar-refractivity contribution in [1.29, 1.82) is 0 Å². The van der Waals surface area contributed by atoms with Crippen LogP contribution in [0.1, 0.15) is 51.1 Å². The minimum absolute atomic E-state index is 0.0790. The smallest absolute Gasteiger partial charge is 0.103 e. The van der Waals surface area contributed by atoms with Gasteiger partial charge >= 0.3 is 0 Å². The van der Waals surface area contributed by atoms with Crippen LogP contribution < -0.4 is 5.32 Å². The first-order valence-electron chi connectivity index (χ1n) is 7.65. The van der Waals surface area contributed by atoms with Crippen LogP contribution in [0.15, 0.2) is 29.0 Å². The Bertz CT molecular complexity index is 549. The van der Waals surface area contributed by atoms with Gasteiger partial charge in [0, 0.05) is 43.2 Å². The maximum atomic E-state index is 5.37. The zero-order valence-electron chi connectivity index (χ0n) is 13.8. The number of hydrogen-bond acceptors (Lipinski definition) is 3. The second-order valence-electron chi connectivity index (χ2n) is 6.83. The molecule has 4 nitrogen and oxygen atoms in total. The van der Waals surface area contributed by atoms with Crippen LogP contribution in [0.4, 0.5) is 0 Å². The second-order valence-corrected chi connectivity index (χ2v) is 6.83. The molecule has 1 N–H and O–H groups in total. The summed E-state index contributed by atoms with van der Waals surface area (Å²) in [5.41, 5.74) is 2.54. The minimum Gasteiger partial charge on any atom is -0.469 e. The summed E-state index contributed by atoms with van der Waals surface area (Å²) in [4.78, 5) is 0. The third-order valence-electron chi connectivity index (χ3n) is 3.66. The molecule has 0 aromatic carbocycles. The SMILES string of the molecule is CC(CCc1ccco1)NCc1cn(C)nc1C(C)(C)C. The van der Waals surface area contributed by atoms with Crippen molar-refractivity contribution in [2.24, 2.45) is 7.05 Å². The van der Waals surface area contributed by atoms with Gasteiger partial charge in [0.15, 0.2) is 0 Å². The molecule has 1 unspecified atom stereocenters. The lowest BCUT2D eigenvalue weighted by molar-refractivity contribution is 0.457. The summed E-state index contributed by atoms with van der Waals surface area (Å²) in [6.45, 7) is 9.70. The summed E-state index contributed by atoms with van der Waals surface area (Å²) in [6.07, 6.45) is 5.89. The molecule has 0 aliphatic carbocycles. The maximum Gasteiger partial charge on any atom is 0.103 e. The third-order valence-corrected chi connectivity index (χ3v) is 3.66. The van der Waals surface area contributed by atoms with Crippen molar-refractivity contribution in [3.8, 4) is 0 Å². The molecule has 2 aromatic rings. The van der Waals surface area contributed by atoms with E-state index < -0.39 is 0 Å². The highest BCUT2D eigenvalue weighted by Gasteiger charge is 2.21. The lowest BCUT2D eigenvalue weighted by atomic mass is 9.89. The number of hydrogen-bond donors (Lipinski definition) is 1. The van der Waals surface area contributed by atoms with E-state index in [1.54, 1.807) is 6.26 Å². The molecule has 0 bridgehead atoms. The Balaban J connectivity index is 1.88. The van der Waals surface area contributed by atoms with Crippen molar-refractivity contribution < 1.29 is 4.42 Å². The highest BCUT2D eigenvalue weighted by molar-refractivity contribution is 5.23. The maximum absolute atomic E-state index is 5.37. The molecule has 21 heavy (non-hydrogen) atoms. The summed E-state index contributed by atoms with van der Waals surface area (Å²) >= 11 is 0. The monoisotopic (exact) mass is 289 g/mol. The second kappa shape index (κ2) is 6.48. The molecule has 2 rings (SSSR count). The minimum atomic E-state index is 0.0790. The van der Waals surface area contributed by atoms with Gasteiger partial charge < -0.3 is 9.73 Å².